The molecule has 0 saturated carbocycles. The van der Waals surface area contributed by atoms with Crippen LogP contribution in [0.2, 0.25) is 0 Å². The normalized spacial score (nSPS) is 11.8. The maximum Gasteiger partial charge on any atom is 0.356 e. The minimum atomic E-state index is -0.652. The Morgan fingerprint density at radius 1 is 1.55 bits per heavy atom. The maximum atomic E-state index is 11.4. The van der Waals surface area contributed by atoms with Crippen LogP contribution >= 0.6 is 0 Å². The highest BCUT2D eigenvalue weighted by atomic mass is 16.6. The molecule has 8 nitrogen and oxygen atoms in total. The second-order valence-electron chi connectivity index (χ2n) is 3.96. The average molecular weight is 283 g/mol. The van der Waals surface area contributed by atoms with Gasteiger partial charge in [-0.2, -0.15) is 0 Å². The zero-order valence-corrected chi connectivity index (χ0v) is 11.6. The lowest BCUT2D eigenvalue weighted by Crippen LogP contribution is -2.21. The van der Waals surface area contributed by atoms with Crippen molar-refractivity contribution in [3.63, 3.8) is 0 Å². The van der Waals surface area contributed by atoms with Gasteiger partial charge in [0.2, 0.25) is 5.82 Å². The number of ether oxygens (including phenoxy) is 2. The fourth-order valence-electron chi connectivity index (χ4n) is 1.53. The van der Waals surface area contributed by atoms with E-state index in [0.29, 0.717) is 13.2 Å². The van der Waals surface area contributed by atoms with E-state index in [0.717, 1.165) is 0 Å². The van der Waals surface area contributed by atoms with E-state index >= 15 is 0 Å². The summed E-state index contributed by atoms with van der Waals surface area (Å²) in [5, 5.41) is 13.7. The lowest BCUT2D eigenvalue weighted by atomic mass is 10.3. The van der Waals surface area contributed by atoms with Crippen LogP contribution in [0.1, 0.15) is 24.3 Å². The fourth-order valence-corrected chi connectivity index (χ4v) is 1.53. The molecule has 0 saturated heterocycles. The number of methoxy groups -OCH3 is 1. The van der Waals surface area contributed by atoms with Crippen molar-refractivity contribution in [1.82, 2.24) is 4.98 Å². The summed E-state index contributed by atoms with van der Waals surface area (Å²) in [4.78, 5) is 25.6. The number of pyridine rings is 1. The number of hydrogen-bond acceptors (Lipinski definition) is 7. The van der Waals surface area contributed by atoms with Gasteiger partial charge in [-0.05, 0) is 19.9 Å². The molecule has 1 N–H and O–H groups in total. The highest BCUT2D eigenvalue weighted by Crippen LogP contribution is 2.22. The van der Waals surface area contributed by atoms with Crippen molar-refractivity contribution in [2.24, 2.45) is 0 Å². The summed E-state index contributed by atoms with van der Waals surface area (Å²) in [6, 6.07) is 2.47. The lowest BCUT2D eigenvalue weighted by Gasteiger charge is -2.13. The van der Waals surface area contributed by atoms with E-state index in [1.165, 1.54) is 19.2 Å². The first-order valence-corrected chi connectivity index (χ1v) is 6.08. The van der Waals surface area contributed by atoms with Gasteiger partial charge in [0.05, 0.1) is 18.1 Å². The molecule has 8 heteroatoms. The Bertz CT molecular complexity index is 492. The van der Waals surface area contributed by atoms with Crippen LogP contribution in [0.3, 0.4) is 0 Å². The summed E-state index contributed by atoms with van der Waals surface area (Å²) in [5.41, 5.74) is -0.203. The van der Waals surface area contributed by atoms with E-state index in [1.54, 1.807) is 0 Å². The molecular formula is C12H17N3O5. The van der Waals surface area contributed by atoms with E-state index in [9.17, 15) is 14.9 Å². The van der Waals surface area contributed by atoms with E-state index in [1.807, 2.05) is 13.8 Å². The number of nitro groups is 1. The summed E-state index contributed by atoms with van der Waals surface area (Å²) >= 11 is 0. The van der Waals surface area contributed by atoms with Gasteiger partial charge in [-0.15, -0.1) is 0 Å². The van der Waals surface area contributed by atoms with Crippen molar-refractivity contribution in [2.45, 2.75) is 20.0 Å². The maximum absolute atomic E-state index is 11.4. The minimum absolute atomic E-state index is 0.00432. The summed E-state index contributed by atoms with van der Waals surface area (Å²) < 4.78 is 9.84. The van der Waals surface area contributed by atoms with E-state index < -0.39 is 10.9 Å². The van der Waals surface area contributed by atoms with Crippen LogP contribution in [0.5, 0.6) is 0 Å². The average Bonchev–Trinajstić information content (AvgIpc) is 2.44. The molecule has 0 aromatic carbocycles. The van der Waals surface area contributed by atoms with Crippen LogP contribution in [0.4, 0.5) is 11.5 Å². The van der Waals surface area contributed by atoms with Crippen LogP contribution in [0, 0.1) is 10.1 Å². The number of nitrogens with one attached hydrogen (secondary N) is 1. The lowest BCUT2D eigenvalue weighted by molar-refractivity contribution is -0.384. The summed E-state index contributed by atoms with van der Waals surface area (Å²) in [5.74, 6) is -0.634. The number of nitrogens with zero attached hydrogens (tertiary/aromatic N) is 2. The second kappa shape index (κ2) is 7.39. The van der Waals surface area contributed by atoms with Crippen molar-refractivity contribution in [3.05, 3.63) is 27.9 Å². The van der Waals surface area contributed by atoms with E-state index in [-0.39, 0.29) is 23.3 Å². The number of anilines is 1. The molecule has 0 radical (unpaired) electrons. The zero-order valence-electron chi connectivity index (χ0n) is 11.6. The molecule has 20 heavy (non-hydrogen) atoms. The number of carbonyl (C=O) groups excluding carboxylic acids is 1. The van der Waals surface area contributed by atoms with Gasteiger partial charge < -0.3 is 14.8 Å². The summed E-state index contributed by atoms with van der Waals surface area (Å²) in [6.45, 7) is 4.56. The van der Waals surface area contributed by atoms with Gasteiger partial charge >= 0.3 is 11.7 Å². The van der Waals surface area contributed by atoms with Crippen molar-refractivity contribution in [1.29, 1.82) is 0 Å². The third-order valence-electron chi connectivity index (χ3n) is 2.47. The Hall–Kier alpha value is -2.22. The highest BCUT2D eigenvalue weighted by Gasteiger charge is 2.19. The van der Waals surface area contributed by atoms with Crippen LogP contribution in [0.25, 0.3) is 0 Å². The Balaban J connectivity index is 2.94. The molecule has 1 heterocycles. The molecule has 1 atom stereocenters. The Labute approximate surface area is 116 Å². The molecule has 1 unspecified atom stereocenters. The fraction of sp³-hybridized carbons (Fsp3) is 0.500. The van der Waals surface area contributed by atoms with E-state index in [4.69, 9.17) is 4.74 Å². The van der Waals surface area contributed by atoms with Crippen LogP contribution in [0.15, 0.2) is 12.1 Å². The first-order valence-electron chi connectivity index (χ1n) is 6.08. The Kier molecular flexibility index (Phi) is 5.85. The van der Waals surface area contributed by atoms with Crippen molar-refractivity contribution < 1.29 is 19.2 Å². The number of esters is 1. The molecule has 0 fully saturated rings. The van der Waals surface area contributed by atoms with Gasteiger partial charge in [0.25, 0.3) is 0 Å². The third kappa shape index (κ3) is 4.16. The third-order valence-corrected chi connectivity index (χ3v) is 2.47. The SMILES string of the molecule is CCOC(C)CNc1nc(C(=O)OC)ccc1[N+](=O)[O-]. The van der Waals surface area contributed by atoms with Gasteiger partial charge in [-0.25, -0.2) is 9.78 Å². The van der Waals surface area contributed by atoms with Gasteiger partial charge in [-0.3, -0.25) is 10.1 Å². The molecule has 0 aliphatic rings. The molecule has 0 spiro atoms. The zero-order chi connectivity index (χ0) is 15.1. The summed E-state index contributed by atoms with van der Waals surface area (Å²) in [6.07, 6.45) is -0.136. The van der Waals surface area contributed by atoms with Gasteiger partial charge in [-0.1, -0.05) is 0 Å². The van der Waals surface area contributed by atoms with Gasteiger partial charge in [0.15, 0.2) is 5.69 Å². The number of hydrogen-bond donors (Lipinski definition) is 1. The first kappa shape index (κ1) is 15.8. The molecule has 1 aromatic rings. The van der Waals surface area contributed by atoms with Crippen molar-refractivity contribution in [2.75, 3.05) is 25.6 Å². The topological polar surface area (TPSA) is 104 Å². The van der Waals surface area contributed by atoms with Crippen LogP contribution in [-0.4, -0.2) is 42.2 Å². The summed E-state index contributed by atoms with van der Waals surface area (Å²) in [7, 11) is 1.22. The van der Waals surface area contributed by atoms with Crippen molar-refractivity contribution >= 4 is 17.5 Å². The molecule has 110 valence electrons. The predicted octanol–water partition coefficient (Wildman–Crippen LogP) is 1.61. The van der Waals surface area contributed by atoms with Gasteiger partial charge in [0, 0.05) is 19.2 Å². The standard InChI is InChI=1S/C12H17N3O5/c1-4-20-8(2)7-13-11-10(15(17)18)6-5-9(14-11)12(16)19-3/h5-6,8H,4,7H2,1-3H3,(H,13,14). The Morgan fingerprint density at radius 3 is 2.80 bits per heavy atom. The number of rotatable bonds is 7. The molecule has 1 rings (SSSR count). The molecule has 0 aliphatic carbocycles. The Morgan fingerprint density at radius 2 is 2.25 bits per heavy atom. The van der Waals surface area contributed by atoms with Crippen molar-refractivity contribution in [3.8, 4) is 0 Å². The smallest absolute Gasteiger partial charge is 0.356 e. The quantitative estimate of drug-likeness (QED) is 0.460. The molecule has 0 aliphatic heterocycles. The monoisotopic (exact) mass is 283 g/mol. The predicted molar refractivity (Wildman–Crippen MR) is 71.8 cm³/mol. The molecule has 1 aromatic heterocycles. The van der Waals surface area contributed by atoms with Crippen LogP contribution < -0.4 is 5.32 Å². The van der Waals surface area contributed by atoms with Crippen LogP contribution in [-0.2, 0) is 9.47 Å². The number of aromatic nitrogens is 1. The second-order valence-corrected chi connectivity index (χ2v) is 3.96. The largest absolute Gasteiger partial charge is 0.464 e. The first-order chi connectivity index (χ1) is 9.49. The van der Waals surface area contributed by atoms with E-state index in [2.05, 4.69) is 15.0 Å². The van der Waals surface area contributed by atoms with Gasteiger partial charge in [0.1, 0.15) is 0 Å². The molecule has 0 bridgehead atoms. The minimum Gasteiger partial charge on any atom is -0.464 e. The highest BCUT2D eigenvalue weighted by molar-refractivity contribution is 5.88. The number of carbonyl (C=O) groups is 1. The molecular weight excluding hydrogens is 266 g/mol. The molecule has 0 amide bonds.